The van der Waals surface area contributed by atoms with Crippen molar-refractivity contribution >= 4 is 22.8 Å². The standard InChI is InChI=1S/C17H17ClN4O/c18-15-14-16(20-10-19-15)22(17(23)21-14)13-8-6-12(7-9-13)11-4-2-1-3-5-11/h6-11H,1-5H2,(H,21,23). The van der Waals surface area contributed by atoms with Crippen LogP contribution in [0.2, 0.25) is 5.15 Å². The van der Waals surface area contributed by atoms with Crippen LogP contribution in [-0.4, -0.2) is 19.5 Å². The maximum atomic E-state index is 12.3. The SMILES string of the molecule is O=c1[nH]c2c(Cl)ncnc2n1-c1ccc(C2CCCCC2)cc1. The van der Waals surface area contributed by atoms with Crippen molar-refractivity contribution < 1.29 is 0 Å². The first-order chi connectivity index (χ1) is 11.2. The van der Waals surface area contributed by atoms with E-state index >= 15 is 0 Å². The number of nitrogens with one attached hydrogen (secondary N) is 1. The molecule has 23 heavy (non-hydrogen) atoms. The number of rotatable bonds is 2. The van der Waals surface area contributed by atoms with Crippen LogP contribution in [0, 0.1) is 0 Å². The van der Waals surface area contributed by atoms with Gasteiger partial charge in [-0.25, -0.2) is 19.3 Å². The van der Waals surface area contributed by atoms with Gasteiger partial charge in [-0.3, -0.25) is 0 Å². The van der Waals surface area contributed by atoms with Crippen LogP contribution in [0.3, 0.4) is 0 Å². The lowest BCUT2D eigenvalue weighted by Crippen LogP contribution is -2.15. The minimum atomic E-state index is -0.257. The molecule has 2 aromatic heterocycles. The third-order valence-corrected chi connectivity index (χ3v) is 4.94. The minimum absolute atomic E-state index is 0.254. The van der Waals surface area contributed by atoms with Gasteiger partial charge in [0, 0.05) is 0 Å². The molecule has 1 aliphatic rings. The van der Waals surface area contributed by atoms with Crippen molar-refractivity contribution in [3.8, 4) is 5.69 Å². The number of nitrogens with zero attached hydrogens (tertiary/aromatic N) is 3. The Hall–Kier alpha value is -2.14. The van der Waals surface area contributed by atoms with E-state index in [1.54, 1.807) is 0 Å². The average Bonchev–Trinajstić information content (AvgIpc) is 2.93. The topological polar surface area (TPSA) is 63.6 Å². The third kappa shape index (κ3) is 2.55. The molecule has 6 heteroatoms. The van der Waals surface area contributed by atoms with E-state index in [1.807, 2.05) is 12.1 Å². The van der Waals surface area contributed by atoms with Crippen molar-refractivity contribution in [3.63, 3.8) is 0 Å². The number of aromatic amines is 1. The molecule has 3 aromatic rings. The summed E-state index contributed by atoms with van der Waals surface area (Å²) in [6.07, 6.45) is 7.85. The Bertz CT molecular complexity index is 891. The van der Waals surface area contributed by atoms with Crippen molar-refractivity contribution in [2.24, 2.45) is 0 Å². The molecular formula is C17H17ClN4O. The first-order valence-corrected chi connectivity index (χ1v) is 8.33. The number of imidazole rings is 1. The molecule has 1 N–H and O–H groups in total. The quantitative estimate of drug-likeness (QED) is 0.727. The molecule has 1 fully saturated rings. The molecule has 0 amide bonds. The molecule has 0 aliphatic heterocycles. The van der Waals surface area contributed by atoms with Crippen LogP contribution in [0.1, 0.15) is 43.6 Å². The van der Waals surface area contributed by atoms with Gasteiger partial charge in [-0.1, -0.05) is 43.0 Å². The van der Waals surface area contributed by atoms with Gasteiger partial charge in [0.1, 0.15) is 11.8 Å². The Morgan fingerprint density at radius 1 is 1.09 bits per heavy atom. The average molecular weight is 329 g/mol. The summed E-state index contributed by atoms with van der Waals surface area (Å²) in [6.45, 7) is 0. The van der Waals surface area contributed by atoms with E-state index in [-0.39, 0.29) is 10.8 Å². The van der Waals surface area contributed by atoms with Gasteiger partial charge in [0.15, 0.2) is 10.8 Å². The molecule has 5 nitrogen and oxygen atoms in total. The number of H-pyrrole nitrogens is 1. The van der Waals surface area contributed by atoms with E-state index in [0.717, 1.165) is 5.69 Å². The first kappa shape index (κ1) is 14.5. The largest absolute Gasteiger partial charge is 0.332 e. The van der Waals surface area contributed by atoms with Crippen molar-refractivity contribution in [2.45, 2.75) is 38.0 Å². The molecule has 0 atom stereocenters. The van der Waals surface area contributed by atoms with Gasteiger partial charge >= 0.3 is 5.69 Å². The number of hydrogen-bond acceptors (Lipinski definition) is 3. The van der Waals surface area contributed by atoms with Crippen LogP contribution < -0.4 is 5.69 Å². The van der Waals surface area contributed by atoms with E-state index in [0.29, 0.717) is 17.1 Å². The minimum Gasteiger partial charge on any atom is -0.301 e. The maximum Gasteiger partial charge on any atom is 0.332 e. The van der Waals surface area contributed by atoms with Crippen LogP contribution in [-0.2, 0) is 0 Å². The Morgan fingerprint density at radius 2 is 1.83 bits per heavy atom. The first-order valence-electron chi connectivity index (χ1n) is 7.95. The molecule has 0 spiro atoms. The van der Waals surface area contributed by atoms with Crippen LogP contribution in [0.15, 0.2) is 35.4 Å². The summed E-state index contributed by atoms with van der Waals surface area (Å²) in [5.41, 5.74) is 2.85. The Morgan fingerprint density at radius 3 is 2.57 bits per heavy atom. The number of hydrogen-bond donors (Lipinski definition) is 1. The number of aromatic nitrogens is 4. The number of halogens is 1. The zero-order valence-corrected chi connectivity index (χ0v) is 13.4. The predicted molar refractivity (Wildman–Crippen MR) is 90.3 cm³/mol. The van der Waals surface area contributed by atoms with Gasteiger partial charge in [-0.2, -0.15) is 0 Å². The summed E-state index contributed by atoms with van der Waals surface area (Å²) >= 11 is 6.02. The van der Waals surface area contributed by atoms with Gasteiger partial charge in [-0.05, 0) is 36.5 Å². The zero-order valence-electron chi connectivity index (χ0n) is 12.6. The van der Waals surface area contributed by atoms with Crippen molar-refractivity contribution in [3.05, 3.63) is 51.8 Å². The van der Waals surface area contributed by atoms with Crippen molar-refractivity contribution in [1.29, 1.82) is 0 Å². The molecule has 0 saturated heterocycles. The lowest BCUT2D eigenvalue weighted by Gasteiger charge is -2.22. The van der Waals surface area contributed by atoms with E-state index in [2.05, 4.69) is 27.1 Å². The van der Waals surface area contributed by atoms with E-state index in [4.69, 9.17) is 11.6 Å². The zero-order chi connectivity index (χ0) is 15.8. The molecule has 118 valence electrons. The summed E-state index contributed by atoms with van der Waals surface area (Å²) in [6, 6.07) is 8.21. The molecule has 0 unspecified atom stereocenters. The summed E-state index contributed by atoms with van der Waals surface area (Å²) in [5.74, 6) is 0.647. The second-order valence-electron chi connectivity index (χ2n) is 6.06. The van der Waals surface area contributed by atoms with Crippen molar-refractivity contribution in [1.82, 2.24) is 19.5 Å². The molecule has 2 heterocycles. The number of fused-ring (bicyclic) bond motifs is 1. The van der Waals surface area contributed by atoms with Crippen LogP contribution in [0.25, 0.3) is 16.9 Å². The monoisotopic (exact) mass is 328 g/mol. The molecule has 0 bridgehead atoms. The van der Waals surface area contributed by atoms with Crippen LogP contribution in [0.5, 0.6) is 0 Å². The Labute approximate surface area is 138 Å². The van der Waals surface area contributed by atoms with Crippen LogP contribution in [0.4, 0.5) is 0 Å². The predicted octanol–water partition coefficient (Wildman–Crippen LogP) is 3.81. The van der Waals surface area contributed by atoms with Crippen molar-refractivity contribution in [2.75, 3.05) is 0 Å². The fourth-order valence-electron chi connectivity index (χ4n) is 3.46. The van der Waals surface area contributed by atoms with Gasteiger partial charge in [0.2, 0.25) is 0 Å². The van der Waals surface area contributed by atoms with E-state index in [9.17, 15) is 4.79 Å². The highest BCUT2D eigenvalue weighted by molar-refractivity contribution is 6.33. The lowest BCUT2D eigenvalue weighted by molar-refractivity contribution is 0.443. The normalized spacial score (nSPS) is 16.0. The Kier molecular flexibility index (Phi) is 3.65. The molecule has 1 aliphatic carbocycles. The Balaban J connectivity index is 1.75. The second kappa shape index (κ2) is 5.81. The van der Waals surface area contributed by atoms with E-state index < -0.39 is 0 Å². The van der Waals surface area contributed by atoms with Gasteiger partial charge < -0.3 is 4.98 Å². The summed E-state index contributed by atoms with van der Waals surface area (Å²) in [5, 5.41) is 0.254. The van der Waals surface area contributed by atoms with E-state index in [1.165, 1.54) is 48.6 Å². The fraction of sp³-hybridized carbons (Fsp3) is 0.353. The second-order valence-corrected chi connectivity index (χ2v) is 6.41. The molecule has 4 rings (SSSR count). The van der Waals surface area contributed by atoms with Gasteiger partial charge in [0.25, 0.3) is 0 Å². The highest BCUT2D eigenvalue weighted by atomic mass is 35.5. The summed E-state index contributed by atoms with van der Waals surface area (Å²) < 4.78 is 1.54. The lowest BCUT2D eigenvalue weighted by atomic mass is 9.84. The smallest absolute Gasteiger partial charge is 0.301 e. The highest BCUT2D eigenvalue weighted by Gasteiger charge is 2.17. The van der Waals surface area contributed by atoms with Gasteiger partial charge in [0.05, 0.1) is 5.69 Å². The number of benzene rings is 1. The van der Waals surface area contributed by atoms with Crippen LogP contribution >= 0.6 is 11.6 Å². The fourth-order valence-corrected chi connectivity index (χ4v) is 3.64. The molecular weight excluding hydrogens is 312 g/mol. The summed E-state index contributed by atoms with van der Waals surface area (Å²) in [4.78, 5) is 23.1. The molecule has 1 saturated carbocycles. The maximum absolute atomic E-state index is 12.3. The molecule has 0 radical (unpaired) electrons. The summed E-state index contributed by atoms with van der Waals surface area (Å²) in [7, 11) is 0. The van der Waals surface area contributed by atoms with Gasteiger partial charge in [-0.15, -0.1) is 0 Å². The molecule has 1 aromatic carbocycles. The highest BCUT2D eigenvalue weighted by Crippen LogP contribution is 2.33. The third-order valence-electron chi connectivity index (χ3n) is 4.66.